The summed E-state index contributed by atoms with van der Waals surface area (Å²) in [5, 5.41) is 4.02. The zero-order chi connectivity index (χ0) is 16.1. The van der Waals surface area contributed by atoms with Gasteiger partial charge in [-0.05, 0) is 28.9 Å². The summed E-state index contributed by atoms with van der Waals surface area (Å²) in [6.07, 6.45) is 3.04. The highest BCUT2D eigenvalue weighted by Gasteiger charge is 2.16. The Kier molecular flexibility index (Phi) is 5.48. The number of hydrogen-bond acceptors (Lipinski definition) is 4. The number of hydrogen-bond donors (Lipinski definition) is 0. The minimum Gasteiger partial charge on any atom is -0.465 e. The van der Waals surface area contributed by atoms with Crippen LogP contribution in [0, 0.1) is 0 Å². The standard InChI is InChI=1S/C14H13BrF2N2O3/c1-2-21-12(20)8-19-7-9(6-18-19)10-4-3-5-11(15)13(10)22-14(16)17/h3-7,14H,2,8H2,1H3. The molecule has 0 saturated heterocycles. The monoisotopic (exact) mass is 374 g/mol. The molecule has 1 aromatic heterocycles. The Hall–Kier alpha value is -1.96. The molecule has 0 atom stereocenters. The number of benzene rings is 1. The molecular formula is C14H13BrF2N2O3. The zero-order valence-corrected chi connectivity index (χ0v) is 13.2. The van der Waals surface area contributed by atoms with Gasteiger partial charge < -0.3 is 9.47 Å². The lowest BCUT2D eigenvalue weighted by molar-refractivity contribution is -0.144. The van der Waals surface area contributed by atoms with Gasteiger partial charge in [-0.15, -0.1) is 0 Å². The largest absolute Gasteiger partial charge is 0.465 e. The second-order valence-corrected chi connectivity index (χ2v) is 5.08. The van der Waals surface area contributed by atoms with Gasteiger partial charge in [0.2, 0.25) is 0 Å². The summed E-state index contributed by atoms with van der Waals surface area (Å²) < 4.78 is 36.2. The van der Waals surface area contributed by atoms with Gasteiger partial charge in [0.15, 0.2) is 0 Å². The van der Waals surface area contributed by atoms with Gasteiger partial charge in [0, 0.05) is 17.3 Å². The van der Waals surface area contributed by atoms with Crippen LogP contribution in [-0.2, 0) is 16.1 Å². The number of rotatable bonds is 6. The molecule has 0 bridgehead atoms. The van der Waals surface area contributed by atoms with Crippen molar-refractivity contribution in [3.8, 4) is 16.9 Å². The Morgan fingerprint density at radius 3 is 2.91 bits per heavy atom. The number of nitrogens with zero attached hydrogens (tertiary/aromatic N) is 2. The highest BCUT2D eigenvalue weighted by Crippen LogP contribution is 2.37. The fourth-order valence-electron chi connectivity index (χ4n) is 1.87. The van der Waals surface area contributed by atoms with Crippen molar-refractivity contribution in [3.63, 3.8) is 0 Å². The molecule has 2 rings (SSSR count). The molecule has 5 nitrogen and oxygen atoms in total. The topological polar surface area (TPSA) is 53.4 Å². The molecule has 0 N–H and O–H groups in total. The number of halogens is 3. The first-order valence-corrected chi connectivity index (χ1v) is 7.22. The van der Waals surface area contributed by atoms with Crippen molar-refractivity contribution in [2.45, 2.75) is 20.1 Å². The average Bonchev–Trinajstić information content (AvgIpc) is 2.89. The van der Waals surface area contributed by atoms with Crippen LogP contribution in [0.1, 0.15) is 6.92 Å². The number of aromatic nitrogens is 2. The molecule has 0 radical (unpaired) electrons. The quantitative estimate of drug-likeness (QED) is 0.726. The number of carbonyl (C=O) groups is 1. The minimum absolute atomic E-state index is 0.0215. The molecule has 1 aromatic carbocycles. The van der Waals surface area contributed by atoms with Crippen molar-refractivity contribution in [1.82, 2.24) is 9.78 Å². The highest BCUT2D eigenvalue weighted by atomic mass is 79.9. The number of carbonyl (C=O) groups excluding carboxylic acids is 1. The normalized spacial score (nSPS) is 10.8. The SMILES string of the molecule is CCOC(=O)Cn1cc(-c2cccc(Br)c2OC(F)F)cn1. The average molecular weight is 375 g/mol. The fourth-order valence-corrected chi connectivity index (χ4v) is 2.33. The van der Waals surface area contributed by atoms with Gasteiger partial charge in [0.1, 0.15) is 12.3 Å². The van der Waals surface area contributed by atoms with E-state index >= 15 is 0 Å². The number of esters is 1. The van der Waals surface area contributed by atoms with Gasteiger partial charge in [-0.3, -0.25) is 9.48 Å². The summed E-state index contributed by atoms with van der Waals surface area (Å²) in [6, 6.07) is 4.93. The maximum absolute atomic E-state index is 12.5. The van der Waals surface area contributed by atoms with E-state index in [-0.39, 0.29) is 18.9 Å². The van der Waals surface area contributed by atoms with E-state index in [2.05, 4.69) is 25.8 Å². The van der Waals surface area contributed by atoms with E-state index in [0.29, 0.717) is 15.6 Å². The Labute approximate surface area is 134 Å². The fraction of sp³-hybridized carbons (Fsp3) is 0.286. The summed E-state index contributed by atoms with van der Waals surface area (Å²) in [6.45, 7) is -0.994. The van der Waals surface area contributed by atoms with E-state index in [9.17, 15) is 13.6 Å². The maximum atomic E-state index is 12.5. The van der Waals surface area contributed by atoms with Crippen molar-refractivity contribution in [3.05, 3.63) is 35.1 Å². The van der Waals surface area contributed by atoms with Crippen LogP contribution in [-0.4, -0.2) is 29.0 Å². The van der Waals surface area contributed by atoms with Crippen LogP contribution in [0.4, 0.5) is 8.78 Å². The molecule has 0 fully saturated rings. The molecule has 0 saturated carbocycles. The third-order valence-corrected chi connectivity index (χ3v) is 3.34. The molecule has 1 heterocycles. The third-order valence-electron chi connectivity index (χ3n) is 2.71. The van der Waals surface area contributed by atoms with Crippen LogP contribution in [0.15, 0.2) is 35.1 Å². The molecule has 8 heteroatoms. The van der Waals surface area contributed by atoms with E-state index in [1.165, 1.54) is 10.9 Å². The van der Waals surface area contributed by atoms with Crippen LogP contribution in [0.2, 0.25) is 0 Å². The van der Waals surface area contributed by atoms with Gasteiger partial charge in [0.05, 0.1) is 17.3 Å². The molecule has 0 aliphatic heterocycles. The molecule has 118 valence electrons. The van der Waals surface area contributed by atoms with Gasteiger partial charge in [-0.2, -0.15) is 13.9 Å². The van der Waals surface area contributed by atoms with Crippen LogP contribution in [0.25, 0.3) is 11.1 Å². The third kappa shape index (κ3) is 4.03. The van der Waals surface area contributed by atoms with E-state index in [1.807, 2.05) is 0 Å². The van der Waals surface area contributed by atoms with Crippen LogP contribution >= 0.6 is 15.9 Å². The second kappa shape index (κ2) is 7.35. The lowest BCUT2D eigenvalue weighted by atomic mass is 10.1. The summed E-state index contributed by atoms with van der Waals surface area (Å²) in [7, 11) is 0. The van der Waals surface area contributed by atoms with Crippen molar-refractivity contribution >= 4 is 21.9 Å². The molecule has 0 amide bonds. The summed E-state index contributed by atoms with van der Waals surface area (Å²) in [4.78, 5) is 11.4. The lowest BCUT2D eigenvalue weighted by Crippen LogP contribution is -2.13. The molecule has 0 spiro atoms. The molecule has 2 aromatic rings. The highest BCUT2D eigenvalue weighted by molar-refractivity contribution is 9.10. The minimum atomic E-state index is -2.94. The number of para-hydroxylation sites is 1. The molecule has 0 unspecified atom stereocenters. The zero-order valence-electron chi connectivity index (χ0n) is 11.6. The van der Waals surface area contributed by atoms with Gasteiger partial charge >= 0.3 is 12.6 Å². The van der Waals surface area contributed by atoms with E-state index < -0.39 is 12.6 Å². The Morgan fingerprint density at radius 2 is 2.23 bits per heavy atom. The number of ether oxygens (including phenoxy) is 2. The Morgan fingerprint density at radius 1 is 1.45 bits per heavy atom. The van der Waals surface area contributed by atoms with E-state index in [4.69, 9.17) is 4.74 Å². The first kappa shape index (κ1) is 16.4. The van der Waals surface area contributed by atoms with Gasteiger partial charge in [0.25, 0.3) is 0 Å². The van der Waals surface area contributed by atoms with Crippen molar-refractivity contribution in [2.75, 3.05) is 6.61 Å². The molecule has 0 aliphatic rings. The van der Waals surface area contributed by atoms with Crippen molar-refractivity contribution in [1.29, 1.82) is 0 Å². The van der Waals surface area contributed by atoms with Gasteiger partial charge in [-0.25, -0.2) is 0 Å². The number of alkyl halides is 2. The molecular weight excluding hydrogens is 362 g/mol. The molecule has 0 aliphatic carbocycles. The van der Waals surface area contributed by atoms with Crippen LogP contribution in [0.5, 0.6) is 5.75 Å². The van der Waals surface area contributed by atoms with E-state index in [0.717, 1.165) is 0 Å². The van der Waals surface area contributed by atoms with Crippen LogP contribution in [0.3, 0.4) is 0 Å². The predicted octanol–water partition coefficient (Wildman–Crippen LogP) is 3.48. The predicted molar refractivity (Wildman–Crippen MR) is 78.6 cm³/mol. The van der Waals surface area contributed by atoms with Crippen molar-refractivity contribution in [2.24, 2.45) is 0 Å². The Bertz CT molecular complexity index is 661. The maximum Gasteiger partial charge on any atom is 0.387 e. The van der Waals surface area contributed by atoms with Crippen LogP contribution < -0.4 is 4.74 Å². The van der Waals surface area contributed by atoms with Gasteiger partial charge in [-0.1, -0.05) is 12.1 Å². The summed E-state index contributed by atoms with van der Waals surface area (Å²) in [5.74, 6) is -0.399. The summed E-state index contributed by atoms with van der Waals surface area (Å²) in [5.41, 5.74) is 1.01. The second-order valence-electron chi connectivity index (χ2n) is 4.23. The first-order chi connectivity index (χ1) is 10.5. The lowest BCUT2D eigenvalue weighted by Gasteiger charge is -2.11. The summed E-state index contributed by atoms with van der Waals surface area (Å²) >= 11 is 3.18. The first-order valence-electron chi connectivity index (χ1n) is 6.43. The van der Waals surface area contributed by atoms with Crippen molar-refractivity contribution < 1.29 is 23.0 Å². The van der Waals surface area contributed by atoms with E-state index in [1.54, 1.807) is 31.3 Å². The molecule has 22 heavy (non-hydrogen) atoms. The Balaban J connectivity index is 2.27. The smallest absolute Gasteiger partial charge is 0.387 e.